The van der Waals surface area contributed by atoms with E-state index in [1.54, 1.807) is 18.2 Å². The monoisotopic (exact) mass is 446 g/mol. The Bertz CT molecular complexity index is 1310. The zero-order chi connectivity index (χ0) is 23.0. The molecule has 0 heterocycles. The highest BCUT2D eigenvalue weighted by Gasteiger charge is 2.32. The van der Waals surface area contributed by atoms with E-state index in [-0.39, 0.29) is 22.3 Å². The van der Waals surface area contributed by atoms with Gasteiger partial charge >= 0.3 is 6.36 Å². The molecule has 0 aliphatic carbocycles. The molecule has 4 rings (SSSR count). The quantitative estimate of drug-likeness (QED) is 0.288. The molecule has 0 saturated heterocycles. The largest absolute Gasteiger partial charge is 0.573 e. The van der Waals surface area contributed by atoms with Crippen LogP contribution in [0.25, 0.3) is 33.0 Å². The van der Waals surface area contributed by atoms with Gasteiger partial charge in [-0.25, -0.2) is 13.2 Å². The van der Waals surface area contributed by atoms with Crippen LogP contribution >= 0.6 is 0 Å². The molecule has 0 unspecified atom stereocenters. The van der Waals surface area contributed by atoms with Crippen LogP contribution in [-0.2, 0) is 6.42 Å². The Balaban J connectivity index is 1.70. The maximum absolute atomic E-state index is 15.1. The predicted molar refractivity (Wildman–Crippen MR) is 111 cm³/mol. The van der Waals surface area contributed by atoms with E-state index >= 15 is 4.39 Å². The highest BCUT2D eigenvalue weighted by atomic mass is 19.4. The molecular weight excluding hydrogens is 430 g/mol. The molecule has 0 N–H and O–H groups in total. The average molecular weight is 446 g/mol. The van der Waals surface area contributed by atoms with Crippen molar-refractivity contribution in [1.29, 1.82) is 0 Å². The maximum Gasteiger partial charge on any atom is 0.573 e. The van der Waals surface area contributed by atoms with Crippen molar-refractivity contribution >= 4 is 10.8 Å². The minimum absolute atomic E-state index is 0.0205. The number of benzene rings is 4. The highest BCUT2D eigenvalue weighted by molar-refractivity contribution is 5.89. The second-order valence-corrected chi connectivity index (χ2v) is 7.22. The Kier molecular flexibility index (Phi) is 5.59. The van der Waals surface area contributed by atoms with Gasteiger partial charge in [0.05, 0.1) is 0 Å². The van der Waals surface area contributed by atoms with Crippen LogP contribution in [-0.4, -0.2) is 6.36 Å². The van der Waals surface area contributed by atoms with Crippen molar-refractivity contribution in [3.63, 3.8) is 0 Å². The fourth-order valence-corrected chi connectivity index (χ4v) is 3.58. The van der Waals surface area contributed by atoms with Gasteiger partial charge in [-0.1, -0.05) is 55.5 Å². The van der Waals surface area contributed by atoms with Gasteiger partial charge in [0.1, 0.15) is 11.6 Å². The van der Waals surface area contributed by atoms with E-state index in [0.29, 0.717) is 5.39 Å². The molecule has 1 nitrogen and oxygen atoms in total. The van der Waals surface area contributed by atoms with Crippen LogP contribution in [0.5, 0.6) is 5.75 Å². The predicted octanol–water partition coefficient (Wildman–Crippen LogP) is 8.05. The summed E-state index contributed by atoms with van der Waals surface area (Å²) in [6.07, 6.45) is -4.23. The van der Waals surface area contributed by atoms with E-state index in [1.165, 1.54) is 12.1 Å². The van der Waals surface area contributed by atoms with Crippen molar-refractivity contribution in [2.45, 2.75) is 19.7 Å². The third-order valence-corrected chi connectivity index (χ3v) is 5.18. The van der Waals surface area contributed by atoms with E-state index < -0.39 is 29.6 Å². The van der Waals surface area contributed by atoms with Crippen molar-refractivity contribution in [1.82, 2.24) is 0 Å². The third-order valence-electron chi connectivity index (χ3n) is 5.18. The first-order chi connectivity index (χ1) is 15.2. The van der Waals surface area contributed by atoms with Gasteiger partial charge in [-0.3, -0.25) is 0 Å². The number of fused-ring (bicyclic) bond motifs is 1. The standard InChI is InChI=1S/C25H16F6O/c1-2-14-3-7-19-15(11-14)5-9-20(24(19)28)17-4-8-18(21(26)12-17)16-6-10-23(22(27)13-16)32-25(29,30)31/h3-13H,2H2,1H3. The zero-order valence-electron chi connectivity index (χ0n) is 16.7. The average Bonchev–Trinajstić information content (AvgIpc) is 2.74. The van der Waals surface area contributed by atoms with Gasteiger partial charge in [-0.15, -0.1) is 13.2 Å². The van der Waals surface area contributed by atoms with Crippen LogP contribution < -0.4 is 4.74 Å². The summed E-state index contributed by atoms with van der Waals surface area (Å²) in [5.74, 6) is -3.55. The molecule has 4 aromatic carbocycles. The minimum atomic E-state index is -5.04. The third kappa shape index (κ3) is 4.28. The van der Waals surface area contributed by atoms with Crippen LogP contribution in [0.3, 0.4) is 0 Å². The van der Waals surface area contributed by atoms with Crippen LogP contribution in [0.4, 0.5) is 26.3 Å². The summed E-state index contributed by atoms with van der Waals surface area (Å²) in [6, 6.07) is 15.3. The van der Waals surface area contributed by atoms with E-state index in [1.807, 2.05) is 19.1 Å². The molecule has 0 aromatic heterocycles. The Labute approximate surface area is 179 Å². The van der Waals surface area contributed by atoms with Crippen molar-refractivity contribution in [3.05, 3.63) is 89.7 Å². The van der Waals surface area contributed by atoms with Crippen LogP contribution in [0.15, 0.2) is 66.7 Å². The fraction of sp³-hybridized carbons (Fsp3) is 0.120. The highest BCUT2D eigenvalue weighted by Crippen LogP contribution is 2.34. The van der Waals surface area contributed by atoms with Gasteiger partial charge in [-0.2, -0.15) is 0 Å². The number of halogens is 6. The summed E-state index contributed by atoms with van der Waals surface area (Å²) < 4.78 is 84.4. The van der Waals surface area contributed by atoms with E-state index in [9.17, 15) is 22.0 Å². The molecule has 0 atom stereocenters. The van der Waals surface area contributed by atoms with Gasteiger partial charge in [0.15, 0.2) is 11.6 Å². The molecule has 0 spiro atoms. The number of alkyl halides is 3. The fourth-order valence-electron chi connectivity index (χ4n) is 3.58. The second kappa shape index (κ2) is 8.22. The first-order valence-electron chi connectivity index (χ1n) is 9.73. The molecule has 4 aromatic rings. The number of ether oxygens (including phenoxy) is 1. The van der Waals surface area contributed by atoms with Crippen LogP contribution in [0.2, 0.25) is 0 Å². The van der Waals surface area contributed by atoms with Crippen molar-refractivity contribution in [3.8, 4) is 28.0 Å². The molecule has 0 aliphatic heterocycles. The van der Waals surface area contributed by atoms with Crippen molar-refractivity contribution in [2.75, 3.05) is 0 Å². The SMILES string of the molecule is CCc1ccc2c(F)c(-c3ccc(-c4ccc(OC(F)(F)F)c(F)c4)c(F)c3)ccc2c1. The second-order valence-electron chi connectivity index (χ2n) is 7.22. The number of rotatable bonds is 4. The zero-order valence-corrected chi connectivity index (χ0v) is 16.7. The number of hydrogen-bond donors (Lipinski definition) is 0. The molecule has 7 heteroatoms. The molecule has 0 saturated carbocycles. The molecule has 0 radical (unpaired) electrons. The summed E-state index contributed by atoms with van der Waals surface area (Å²) in [5.41, 5.74) is 1.53. The van der Waals surface area contributed by atoms with Crippen molar-refractivity contribution in [2.24, 2.45) is 0 Å². The smallest absolute Gasteiger partial charge is 0.403 e. The lowest BCUT2D eigenvalue weighted by molar-refractivity contribution is -0.275. The maximum atomic E-state index is 15.1. The Morgan fingerprint density at radius 1 is 0.719 bits per heavy atom. The Hall–Kier alpha value is -3.48. The van der Waals surface area contributed by atoms with E-state index in [4.69, 9.17) is 0 Å². The summed E-state index contributed by atoms with van der Waals surface area (Å²) in [4.78, 5) is 0. The Morgan fingerprint density at radius 2 is 1.38 bits per heavy atom. The van der Waals surface area contributed by atoms with Gasteiger partial charge < -0.3 is 4.74 Å². The molecule has 164 valence electrons. The van der Waals surface area contributed by atoms with Crippen LogP contribution in [0.1, 0.15) is 12.5 Å². The summed E-state index contributed by atoms with van der Waals surface area (Å²) in [6.45, 7) is 2.00. The van der Waals surface area contributed by atoms with Gasteiger partial charge in [-0.05, 0) is 46.7 Å². The van der Waals surface area contributed by atoms with Crippen LogP contribution in [0, 0.1) is 17.5 Å². The Morgan fingerprint density at radius 3 is 2.03 bits per heavy atom. The van der Waals surface area contributed by atoms with Gasteiger partial charge in [0, 0.05) is 16.5 Å². The minimum Gasteiger partial charge on any atom is -0.403 e. The normalized spacial score (nSPS) is 11.7. The van der Waals surface area contributed by atoms with Gasteiger partial charge in [0.2, 0.25) is 0 Å². The summed E-state index contributed by atoms with van der Waals surface area (Å²) in [5, 5.41) is 1.14. The lowest BCUT2D eigenvalue weighted by Crippen LogP contribution is -2.17. The number of hydrogen-bond acceptors (Lipinski definition) is 1. The van der Waals surface area contributed by atoms with Gasteiger partial charge in [0.25, 0.3) is 0 Å². The first-order valence-corrected chi connectivity index (χ1v) is 9.73. The summed E-state index contributed by atoms with van der Waals surface area (Å²) in [7, 11) is 0. The summed E-state index contributed by atoms with van der Waals surface area (Å²) >= 11 is 0. The van der Waals surface area contributed by atoms with Crippen molar-refractivity contribution < 1.29 is 31.1 Å². The molecular formula is C25H16F6O. The molecule has 32 heavy (non-hydrogen) atoms. The topological polar surface area (TPSA) is 9.23 Å². The molecule has 0 bridgehead atoms. The van der Waals surface area contributed by atoms with E-state index in [0.717, 1.165) is 41.6 Å². The molecule has 0 fully saturated rings. The first kappa shape index (κ1) is 21.7. The number of aryl methyl sites for hydroxylation is 1. The lowest BCUT2D eigenvalue weighted by atomic mass is 9.96. The lowest BCUT2D eigenvalue weighted by Gasteiger charge is -2.12. The van der Waals surface area contributed by atoms with E-state index in [2.05, 4.69) is 4.74 Å². The molecule has 0 amide bonds. The molecule has 0 aliphatic rings.